The number of carboxylic acids is 1. The molecular weight excluding hydrogens is 338 g/mol. The number of hydrogen-bond acceptors (Lipinski definition) is 3. The van der Waals surface area contributed by atoms with Crippen LogP contribution in [0, 0.1) is 10.1 Å². The van der Waals surface area contributed by atoms with Gasteiger partial charge < -0.3 is 5.11 Å². The summed E-state index contributed by atoms with van der Waals surface area (Å²) in [6.07, 6.45) is 0.0724. The van der Waals surface area contributed by atoms with Crippen LogP contribution in [0.2, 0.25) is 0 Å². The maximum absolute atomic E-state index is 11.5. The Hall–Kier alpha value is -2.21. The van der Waals surface area contributed by atoms with Crippen molar-refractivity contribution >= 4 is 27.6 Å². The molecular formula is C15H12BrNO4. The van der Waals surface area contributed by atoms with Crippen molar-refractivity contribution in [3.63, 3.8) is 0 Å². The van der Waals surface area contributed by atoms with Crippen molar-refractivity contribution in [3.8, 4) is 0 Å². The minimum atomic E-state index is -1.01. The summed E-state index contributed by atoms with van der Waals surface area (Å²) in [5.74, 6) is -1.84. The predicted molar refractivity (Wildman–Crippen MR) is 81.3 cm³/mol. The Morgan fingerprint density at radius 3 is 2.57 bits per heavy atom. The molecule has 0 radical (unpaired) electrons. The third-order valence-corrected chi connectivity index (χ3v) is 3.65. The fourth-order valence-corrected chi connectivity index (χ4v) is 2.57. The highest BCUT2D eigenvalue weighted by molar-refractivity contribution is 9.10. The summed E-state index contributed by atoms with van der Waals surface area (Å²) in [7, 11) is 0. The predicted octanol–water partition coefficient (Wildman–Crippen LogP) is 3.77. The molecule has 0 amide bonds. The summed E-state index contributed by atoms with van der Waals surface area (Å²) < 4.78 is 0.772. The van der Waals surface area contributed by atoms with E-state index < -0.39 is 16.8 Å². The van der Waals surface area contributed by atoms with Crippen LogP contribution in [0.25, 0.3) is 0 Å². The SMILES string of the molecule is O=C(O)C(Cc1ccccc1[N+](=O)[O-])c1cccc(Br)c1. The fraction of sp³-hybridized carbons (Fsp3) is 0.133. The summed E-state index contributed by atoms with van der Waals surface area (Å²) in [4.78, 5) is 22.0. The van der Waals surface area contributed by atoms with Gasteiger partial charge in [0, 0.05) is 16.1 Å². The summed E-state index contributed by atoms with van der Waals surface area (Å²) in [6.45, 7) is 0. The largest absolute Gasteiger partial charge is 0.481 e. The van der Waals surface area contributed by atoms with Gasteiger partial charge in [0.15, 0.2) is 0 Å². The fourth-order valence-electron chi connectivity index (χ4n) is 2.15. The van der Waals surface area contributed by atoms with Gasteiger partial charge in [0.05, 0.1) is 10.8 Å². The molecule has 1 atom stereocenters. The van der Waals surface area contributed by atoms with Crippen molar-refractivity contribution in [3.05, 3.63) is 74.2 Å². The number of halogens is 1. The number of carbonyl (C=O) groups is 1. The zero-order valence-electron chi connectivity index (χ0n) is 10.9. The maximum atomic E-state index is 11.5. The van der Waals surface area contributed by atoms with Crippen molar-refractivity contribution in [1.29, 1.82) is 0 Å². The topological polar surface area (TPSA) is 80.4 Å². The number of rotatable bonds is 5. The molecule has 2 aromatic carbocycles. The summed E-state index contributed by atoms with van der Waals surface area (Å²) in [6, 6.07) is 13.2. The molecule has 2 aromatic rings. The normalized spacial score (nSPS) is 11.9. The van der Waals surface area contributed by atoms with Crippen LogP contribution in [-0.2, 0) is 11.2 Å². The monoisotopic (exact) mass is 349 g/mol. The lowest BCUT2D eigenvalue weighted by Crippen LogP contribution is -2.15. The Kier molecular flexibility index (Phi) is 4.70. The number of hydrogen-bond donors (Lipinski definition) is 1. The number of nitro groups is 1. The summed E-state index contributed by atoms with van der Waals surface area (Å²) in [5.41, 5.74) is 0.962. The Bertz CT molecular complexity index is 687. The van der Waals surface area contributed by atoms with Crippen LogP contribution in [0.5, 0.6) is 0 Å². The van der Waals surface area contributed by atoms with E-state index in [1.54, 1.807) is 42.5 Å². The number of nitro benzene ring substituents is 1. The molecule has 6 heteroatoms. The van der Waals surface area contributed by atoms with Crippen molar-refractivity contribution in [2.75, 3.05) is 0 Å². The molecule has 5 nitrogen and oxygen atoms in total. The van der Waals surface area contributed by atoms with Crippen molar-refractivity contribution in [2.24, 2.45) is 0 Å². The van der Waals surface area contributed by atoms with Gasteiger partial charge in [-0.2, -0.15) is 0 Å². The molecule has 0 aliphatic heterocycles. The number of benzene rings is 2. The number of para-hydroxylation sites is 1. The van der Waals surface area contributed by atoms with Gasteiger partial charge in [-0.05, 0) is 24.1 Å². The second-order valence-electron chi connectivity index (χ2n) is 4.54. The van der Waals surface area contributed by atoms with Crippen LogP contribution < -0.4 is 0 Å². The Labute approximate surface area is 129 Å². The van der Waals surface area contributed by atoms with Crippen LogP contribution in [0.1, 0.15) is 17.0 Å². The van der Waals surface area contributed by atoms with Gasteiger partial charge in [-0.3, -0.25) is 14.9 Å². The smallest absolute Gasteiger partial charge is 0.311 e. The maximum Gasteiger partial charge on any atom is 0.311 e. The molecule has 0 saturated heterocycles. The van der Waals surface area contributed by atoms with Crippen LogP contribution in [0.4, 0.5) is 5.69 Å². The molecule has 108 valence electrons. The Morgan fingerprint density at radius 2 is 1.95 bits per heavy atom. The first-order valence-corrected chi connectivity index (χ1v) is 6.99. The first-order valence-electron chi connectivity index (χ1n) is 6.19. The summed E-state index contributed by atoms with van der Waals surface area (Å²) >= 11 is 3.30. The van der Waals surface area contributed by atoms with Gasteiger partial charge in [0.1, 0.15) is 0 Å². The minimum absolute atomic E-state index is 0.0567. The Balaban J connectivity index is 2.38. The second kappa shape index (κ2) is 6.49. The van der Waals surface area contributed by atoms with E-state index in [0.717, 1.165) is 4.47 Å². The van der Waals surface area contributed by atoms with Crippen LogP contribution >= 0.6 is 15.9 Å². The molecule has 0 spiro atoms. The lowest BCUT2D eigenvalue weighted by molar-refractivity contribution is -0.385. The van der Waals surface area contributed by atoms with Crippen LogP contribution in [0.3, 0.4) is 0 Å². The van der Waals surface area contributed by atoms with Crippen LogP contribution in [-0.4, -0.2) is 16.0 Å². The van der Waals surface area contributed by atoms with Crippen LogP contribution in [0.15, 0.2) is 53.0 Å². The molecule has 21 heavy (non-hydrogen) atoms. The molecule has 0 aliphatic rings. The molecule has 0 fully saturated rings. The minimum Gasteiger partial charge on any atom is -0.481 e. The van der Waals surface area contributed by atoms with Gasteiger partial charge in [-0.25, -0.2) is 0 Å². The summed E-state index contributed by atoms with van der Waals surface area (Å²) in [5, 5.41) is 20.4. The molecule has 1 N–H and O–H groups in total. The molecule has 1 unspecified atom stereocenters. The molecule has 0 aromatic heterocycles. The zero-order valence-corrected chi connectivity index (χ0v) is 12.5. The zero-order chi connectivity index (χ0) is 15.4. The van der Waals surface area contributed by atoms with E-state index in [4.69, 9.17) is 0 Å². The van der Waals surface area contributed by atoms with Gasteiger partial charge in [-0.15, -0.1) is 0 Å². The van der Waals surface area contributed by atoms with E-state index in [2.05, 4.69) is 15.9 Å². The highest BCUT2D eigenvalue weighted by atomic mass is 79.9. The van der Waals surface area contributed by atoms with Gasteiger partial charge >= 0.3 is 5.97 Å². The van der Waals surface area contributed by atoms with Crippen molar-refractivity contribution < 1.29 is 14.8 Å². The number of nitrogens with zero attached hydrogens (tertiary/aromatic N) is 1. The first-order chi connectivity index (χ1) is 9.99. The van der Waals surface area contributed by atoms with E-state index in [1.807, 2.05) is 0 Å². The van der Waals surface area contributed by atoms with Crippen molar-refractivity contribution in [2.45, 2.75) is 12.3 Å². The lowest BCUT2D eigenvalue weighted by Gasteiger charge is -2.13. The van der Waals surface area contributed by atoms with E-state index in [1.165, 1.54) is 6.07 Å². The highest BCUT2D eigenvalue weighted by Gasteiger charge is 2.24. The van der Waals surface area contributed by atoms with Gasteiger partial charge in [-0.1, -0.05) is 46.3 Å². The average Bonchev–Trinajstić information content (AvgIpc) is 2.44. The van der Waals surface area contributed by atoms with Gasteiger partial charge in [0.25, 0.3) is 5.69 Å². The number of carboxylic acid groups (broad SMARTS) is 1. The van der Waals surface area contributed by atoms with E-state index in [0.29, 0.717) is 11.1 Å². The van der Waals surface area contributed by atoms with E-state index in [-0.39, 0.29) is 12.1 Å². The second-order valence-corrected chi connectivity index (χ2v) is 5.45. The first kappa shape index (κ1) is 15.2. The Morgan fingerprint density at radius 1 is 1.24 bits per heavy atom. The quantitative estimate of drug-likeness (QED) is 0.658. The van der Waals surface area contributed by atoms with Gasteiger partial charge in [0.2, 0.25) is 0 Å². The number of aliphatic carboxylic acids is 1. The average molecular weight is 350 g/mol. The highest BCUT2D eigenvalue weighted by Crippen LogP contribution is 2.28. The van der Waals surface area contributed by atoms with Crippen molar-refractivity contribution in [1.82, 2.24) is 0 Å². The molecule has 0 saturated carbocycles. The molecule has 0 bridgehead atoms. The lowest BCUT2D eigenvalue weighted by atomic mass is 9.91. The third-order valence-electron chi connectivity index (χ3n) is 3.16. The van der Waals surface area contributed by atoms with E-state index in [9.17, 15) is 20.0 Å². The third kappa shape index (κ3) is 3.66. The molecule has 0 heterocycles. The van der Waals surface area contributed by atoms with E-state index >= 15 is 0 Å². The molecule has 2 rings (SSSR count). The molecule has 0 aliphatic carbocycles. The standard InChI is InChI=1S/C15H12BrNO4/c16-12-6-3-5-10(8-12)13(15(18)19)9-11-4-1-2-7-14(11)17(20)21/h1-8,13H,9H2,(H,18,19).